The zero-order valence-electron chi connectivity index (χ0n) is 16.7. The van der Waals surface area contributed by atoms with E-state index in [0.29, 0.717) is 24.8 Å². The molecule has 2 aliphatic heterocycles. The van der Waals surface area contributed by atoms with Crippen molar-refractivity contribution in [3.05, 3.63) is 53.6 Å². The van der Waals surface area contributed by atoms with Gasteiger partial charge in [-0.05, 0) is 25.0 Å². The van der Waals surface area contributed by atoms with Crippen molar-refractivity contribution in [1.82, 2.24) is 19.8 Å². The van der Waals surface area contributed by atoms with E-state index in [-0.39, 0.29) is 18.4 Å². The maximum absolute atomic E-state index is 12.5. The van der Waals surface area contributed by atoms with Crippen LogP contribution in [0.15, 0.2) is 36.5 Å². The van der Waals surface area contributed by atoms with Gasteiger partial charge in [0.1, 0.15) is 11.6 Å². The average molecular weight is 394 g/mol. The predicted octanol–water partition coefficient (Wildman–Crippen LogP) is 2.17. The number of ether oxygens (including phenoxy) is 1. The fourth-order valence-electron chi connectivity index (χ4n) is 3.95. The van der Waals surface area contributed by atoms with Crippen LogP contribution >= 0.6 is 0 Å². The third-order valence-electron chi connectivity index (χ3n) is 5.72. The van der Waals surface area contributed by atoms with Gasteiger partial charge in [-0.25, -0.2) is 9.97 Å². The van der Waals surface area contributed by atoms with E-state index < -0.39 is 0 Å². The normalized spacial score (nSPS) is 17.0. The van der Waals surface area contributed by atoms with Gasteiger partial charge in [-0.3, -0.25) is 9.59 Å². The minimum absolute atomic E-state index is 0.0276. The second-order valence-electron chi connectivity index (χ2n) is 7.65. The van der Waals surface area contributed by atoms with Crippen LogP contribution in [0.4, 0.5) is 0 Å². The fourth-order valence-corrected chi connectivity index (χ4v) is 3.95. The van der Waals surface area contributed by atoms with Crippen LogP contribution in [0, 0.1) is 0 Å². The summed E-state index contributed by atoms with van der Waals surface area (Å²) < 4.78 is 5.58. The average Bonchev–Trinajstić information content (AvgIpc) is 2.77. The molecule has 29 heavy (non-hydrogen) atoms. The molecular formula is C22H26N4O3. The molecule has 0 N–H and O–H groups in total. The SMILES string of the molecule is CC(=O)N1CCC(c2ncc3c(n2)CCN(C(=O)COc2ccccc2)C3)CC1. The van der Waals surface area contributed by atoms with E-state index in [2.05, 4.69) is 4.98 Å². The number of amides is 2. The van der Waals surface area contributed by atoms with Crippen molar-refractivity contribution >= 4 is 11.8 Å². The number of hydrogen-bond donors (Lipinski definition) is 0. The molecule has 1 aromatic heterocycles. The zero-order chi connectivity index (χ0) is 20.2. The number of benzene rings is 1. The maximum Gasteiger partial charge on any atom is 0.260 e. The largest absolute Gasteiger partial charge is 0.484 e. The lowest BCUT2D eigenvalue weighted by Crippen LogP contribution is -2.39. The monoisotopic (exact) mass is 394 g/mol. The van der Waals surface area contributed by atoms with Crippen molar-refractivity contribution in [3.8, 4) is 5.75 Å². The van der Waals surface area contributed by atoms with Gasteiger partial charge in [0.25, 0.3) is 5.91 Å². The number of carbonyl (C=O) groups excluding carboxylic acids is 2. The Bertz CT molecular complexity index is 879. The van der Waals surface area contributed by atoms with Gasteiger partial charge in [-0.1, -0.05) is 18.2 Å². The Labute approximate surface area is 170 Å². The summed E-state index contributed by atoms with van der Waals surface area (Å²) in [6.45, 7) is 4.35. The summed E-state index contributed by atoms with van der Waals surface area (Å²) in [5.74, 6) is 1.98. The molecule has 0 bridgehead atoms. The van der Waals surface area contributed by atoms with Crippen LogP contribution in [0.1, 0.15) is 42.8 Å². The van der Waals surface area contributed by atoms with Gasteiger partial charge in [0.05, 0.1) is 5.69 Å². The Hall–Kier alpha value is -2.96. The zero-order valence-corrected chi connectivity index (χ0v) is 16.7. The van der Waals surface area contributed by atoms with Gasteiger partial charge >= 0.3 is 0 Å². The Morgan fingerprint density at radius 1 is 1.10 bits per heavy atom. The first-order valence-corrected chi connectivity index (χ1v) is 10.2. The summed E-state index contributed by atoms with van der Waals surface area (Å²) in [4.78, 5) is 37.1. The molecule has 0 saturated carbocycles. The Morgan fingerprint density at radius 3 is 2.59 bits per heavy atom. The van der Waals surface area contributed by atoms with Crippen molar-refractivity contribution in [2.45, 2.75) is 38.6 Å². The highest BCUT2D eigenvalue weighted by atomic mass is 16.5. The summed E-state index contributed by atoms with van der Waals surface area (Å²) in [7, 11) is 0. The first-order valence-electron chi connectivity index (χ1n) is 10.2. The Balaban J connectivity index is 1.34. The topological polar surface area (TPSA) is 75.6 Å². The molecule has 1 aromatic carbocycles. The van der Waals surface area contributed by atoms with E-state index in [4.69, 9.17) is 9.72 Å². The molecular weight excluding hydrogens is 368 g/mol. The number of piperidine rings is 1. The minimum Gasteiger partial charge on any atom is -0.484 e. The van der Waals surface area contributed by atoms with E-state index in [0.717, 1.165) is 49.4 Å². The number of para-hydroxylation sites is 1. The second kappa shape index (κ2) is 8.59. The number of fused-ring (bicyclic) bond motifs is 1. The summed E-state index contributed by atoms with van der Waals surface area (Å²) in [5, 5.41) is 0. The third-order valence-corrected chi connectivity index (χ3v) is 5.72. The van der Waals surface area contributed by atoms with E-state index in [1.54, 1.807) is 11.8 Å². The number of aromatic nitrogens is 2. The molecule has 2 amide bonds. The number of nitrogens with zero attached hydrogens (tertiary/aromatic N) is 4. The molecule has 0 spiro atoms. The first-order chi connectivity index (χ1) is 14.1. The smallest absolute Gasteiger partial charge is 0.260 e. The van der Waals surface area contributed by atoms with E-state index in [1.165, 1.54) is 0 Å². The van der Waals surface area contributed by atoms with E-state index in [1.807, 2.05) is 41.4 Å². The molecule has 0 radical (unpaired) electrons. The predicted molar refractivity (Wildman–Crippen MR) is 107 cm³/mol. The van der Waals surface area contributed by atoms with Gasteiger partial charge in [-0.15, -0.1) is 0 Å². The molecule has 1 fully saturated rings. The molecule has 4 rings (SSSR count). The van der Waals surface area contributed by atoms with Crippen molar-refractivity contribution in [2.24, 2.45) is 0 Å². The quantitative estimate of drug-likeness (QED) is 0.794. The summed E-state index contributed by atoms with van der Waals surface area (Å²) in [6, 6.07) is 9.37. The second-order valence-corrected chi connectivity index (χ2v) is 7.65. The lowest BCUT2D eigenvalue weighted by molar-refractivity contribution is -0.134. The van der Waals surface area contributed by atoms with Gasteiger partial charge < -0.3 is 14.5 Å². The Kier molecular flexibility index (Phi) is 5.74. The molecule has 7 heteroatoms. The third kappa shape index (κ3) is 4.55. The highest BCUT2D eigenvalue weighted by Gasteiger charge is 2.27. The summed E-state index contributed by atoms with van der Waals surface area (Å²) in [6.07, 6.45) is 4.40. The van der Waals surface area contributed by atoms with Crippen molar-refractivity contribution in [3.63, 3.8) is 0 Å². The minimum atomic E-state index is -0.0276. The van der Waals surface area contributed by atoms with Crippen molar-refractivity contribution < 1.29 is 14.3 Å². The molecule has 3 heterocycles. The highest BCUT2D eigenvalue weighted by Crippen LogP contribution is 2.27. The van der Waals surface area contributed by atoms with Gasteiger partial charge in [-0.2, -0.15) is 0 Å². The van der Waals surface area contributed by atoms with E-state index in [9.17, 15) is 9.59 Å². The van der Waals surface area contributed by atoms with Crippen LogP contribution in [0.5, 0.6) is 5.75 Å². The highest BCUT2D eigenvalue weighted by molar-refractivity contribution is 5.78. The van der Waals surface area contributed by atoms with Crippen LogP contribution in [0.2, 0.25) is 0 Å². The fraction of sp³-hybridized carbons (Fsp3) is 0.455. The van der Waals surface area contributed by atoms with Gasteiger partial charge in [0.15, 0.2) is 6.61 Å². The number of likely N-dealkylation sites (tertiary alicyclic amines) is 1. The number of carbonyl (C=O) groups is 2. The maximum atomic E-state index is 12.5. The molecule has 152 valence electrons. The van der Waals surface area contributed by atoms with Crippen LogP contribution in [-0.2, 0) is 22.6 Å². The van der Waals surface area contributed by atoms with Crippen LogP contribution in [0.3, 0.4) is 0 Å². The lowest BCUT2D eigenvalue weighted by atomic mass is 9.95. The van der Waals surface area contributed by atoms with Crippen LogP contribution < -0.4 is 4.74 Å². The molecule has 1 saturated heterocycles. The number of rotatable bonds is 4. The van der Waals surface area contributed by atoms with E-state index >= 15 is 0 Å². The summed E-state index contributed by atoms with van der Waals surface area (Å²) >= 11 is 0. The molecule has 0 atom stereocenters. The number of hydrogen-bond acceptors (Lipinski definition) is 5. The molecule has 2 aromatic rings. The first kappa shape index (κ1) is 19.4. The van der Waals surface area contributed by atoms with Gasteiger partial charge in [0, 0.05) is 57.2 Å². The molecule has 0 unspecified atom stereocenters. The standard InChI is InChI=1S/C22H26N4O3/c1-16(27)25-10-7-17(8-11-25)22-23-13-18-14-26(12-9-20(18)24-22)21(28)15-29-19-5-3-2-4-6-19/h2-6,13,17H,7-12,14-15H2,1H3. The Morgan fingerprint density at radius 2 is 1.86 bits per heavy atom. The van der Waals surface area contributed by atoms with Gasteiger partial charge in [0.2, 0.25) is 5.91 Å². The van der Waals surface area contributed by atoms with Crippen LogP contribution in [0.25, 0.3) is 0 Å². The molecule has 2 aliphatic rings. The lowest BCUT2D eigenvalue weighted by Gasteiger charge is -2.32. The molecule has 0 aliphatic carbocycles. The summed E-state index contributed by atoms with van der Waals surface area (Å²) in [5.41, 5.74) is 2.05. The van der Waals surface area contributed by atoms with Crippen molar-refractivity contribution in [2.75, 3.05) is 26.2 Å². The molecule has 7 nitrogen and oxygen atoms in total. The van der Waals surface area contributed by atoms with Crippen molar-refractivity contribution in [1.29, 1.82) is 0 Å². The van der Waals surface area contributed by atoms with Crippen LogP contribution in [-0.4, -0.2) is 57.8 Å².